The highest BCUT2D eigenvalue weighted by atomic mass is 16.5. The van der Waals surface area contributed by atoms with Crippen LogP contribution in [0.2, 0.25) is 0 Å². The monoisotopic (exact) mass is 434 g/mol. The van der Waals surface area contributed by atoms with Gasteiger partial charge in [0, 0.05) is 13.3 Å². The standard InChI is InChI=1S/C26H42O5/c1-15(5-8-23(29)30)19-6-7-20-24-21(10-12-26(19,20)4)25(3)11-9-18(31-16(2)27)13-17(25)14-22(24)28/h15,17-22,24,28H,5-14H2,1-4H3,(H,29,30)/t15-,17+,18-,19-,20+,21+,22-,24+,25+,26-/m1/s1. The molecule has 5 heteroatoms. The molecule has 4 saturated carbocycles. The summed E-state index contributed by atoms with van der Waals surface area (Å²) in [5.74, 6) is 1.99. The van der Waals surface area contributed by atoms with E-state index in [0.29, 0.717) is 35.5 Å². The van der Waals surface area contributed by atoms with Gasteiger partial charge in [-0.25, -0.2) is 0 Å². The van der Waals surface area contributed by atoms with Crippen molar-refractivity contribution in [2.24, 2.45) is 46.3 Å². The third kappa shape index (κ3) is 3.94. The van der Waals surface area contributed by atoms with E-state index >= 15 is 0 Å². The Kier molecular flexibility index (Phi) is 6.22. The van der Waals surface area contributed by atoms with Crippen LogP contribution in [0.25, 0.3) is 0 Å². The lowest BCUT2D eigenvalue weighted by Gasteiger charge is -2.62. The molecule has 0 bridgehead atoms. The number of aliphatic hydroxyl groups is 1. The van der Waals surface area contributed by atoms with Crippen molar-refractivity contribution >= 4 is 11.9 Å². The maximum atomic E-state index is 11.5. The number of esters is 1. The molecule has 0 saturated heterocycles. The number of carbonyl (C=O) groups excluding carboxylic acids is 1. The van der Waals surface area contributed by atoms with Crippen LogP contribution in [0.5, 0.6) is 0 Å². The molecule has 0 unspecified atom stereocenters. The molecule has 176 valence electrons. The van der Waals surface area contributed by atoms with Crippen molar-refractivity contribution in [3.63, 3.8) is 0 Å². The molecule has 31 heavy (non-hydrogen) atoms. The van der Waals surface area contributed by atoms with Gasteiger partial charge in [0.25, 0.3) is 0 Å². The minimum Gasteiger partial charge on any atom is -0.481 e. The van der Waals surface area contributed by atoms with Crippen molar-refractivity contribution in [2.45, 2.75) is 104 Å². The number of rotatable bonds is 5. The second-order valence-electron chi connectivity index (χ2n) is 11.9. The quantitative estimate of drug-likeness (QED) is 0.592. The molecular weight excluding hydrogens is 392 g/mol. The summed E-state index contributed by atoms with van der Waals surface area (Å²) in [6.45, 7) is 8.64. The zero-order valence-corrected chi connectivity index (χ0v) is 19.8. The van der Waals surface area contributed by atoms with E-state index in [4.69, 9.17) is 9.84 Å². The van der Waals surface area contributed by atoms with Gasteiger partial charge in [0.15, 0.2) is 0 Å². The Labute approximate surface area is 187 Å². The third-order valence-electron chi connectivity index (χ3n) is 10.5. The summed E-state index contributed by atoms with van der Waals surface area (Å²) in [7, 11) is 0. The van der Waals surface area contributed by atoms with E-state index in [1.54, 1.807) is 0 Å². The summed E-state index contributed by atoms with van der Waals surface area (Å²) in [4.78, 5) is 22.6. The second-order valence-corrected chi connectivity index (χ2v) is 11.9. The van der Waals surface area contributed by atoms with Crippen molar-refractivity contribution < 1.29 is 24.5 Å². The van der Waals surface area contributed by atoms with Gasteiger partial charge in [-0.15, -0.1) is 0 Å². The molecule has 4 fully saturated rings. The molecule has 5 nitrogen and oxygen atoms in total. The number of aliphatic carboxylic acids is 1. The molecule has 0 radical (unpaired) electrons. The minimum atomic E-state index is -0.693. The van der Waals surface area contributed by atoms with Crippen LogP contribution in [0.4, 0.5) is 0 Å². The summed E-state index contributed by atoms with van der Waals surface area (Å²) >= 11 is 0. The molecule has 0 aromatic heterocycles. The average Bonchev–Trinajstić information content (AvgIpc) is 3.04. The van der Waals surface area contributed by atoms with Gasteiger partial charge in [0.1, 0.15) is 6.10 Å². The summed E-state index contributed by atoms with van der Waals surface area (Å²) < 4.78 is 5.56. The van der Waals surface area contributed by atoms with E-state index in [-0.39, 0.29) is 35.4 Å². The van der Waals surface area contributed by atoms with Crippen LogP contribution in [0, 0.1) is 46.3 Å². The molecule has 10 atom stereocenters. The Morgan fingerprint density at radius 1 is 1.03 bits per heavy atom. The molecule has 4 aliphatic rings. The number of fused-ring (bicyclic) bond motifs is 5. The summed E-state index contributed by atoms with van der Waals surface area (Å²) in [6.07, 6.45) is 9.25. The van der Waals surface area contributed by atoms with E-state index in [0.717, 1.165) is 32.1 Å². The highest BCUT2D eigenvalue weighted by Gasteiger charge is 2.63. The predicted molar refractivity (Wildman–Crippen MR) is 118 cm³/mol. The molecule has 0 amide bonds. The first-order chi connectivity index (χ1) is 14.6. The maximum Gasteiger partial charge on any atom is 0.303 e. The van der Waals surface area contributed by atoms with E-state index in [2.05, 4.69) is 20.8 Å². The summed E-state index contributed by atoms with van der Waals surface area (Å²) in [5, 5.41) is 20.5. The van der Waals surface area contributed by atoms with Crippen molar-refractivity contribution in [3.8, 4) is 0 Å². The van der Waals surface area contributed by atoms with Gasteiger partial charge in [0.05, 0.1) is 6.10 Å². The van der Waals surface area contributed by atoms with Gasteiger partial charge in [-0.3, -0.25) is 9.59 Å². The fourth-order valence-electron chi connectivity index (χ4n) is 9.05. The lowest BCUT2D eigenvalue weighted by atomic mass is 9.43. The predicted octanol–water partition coefficient (Wildman–Crippen LogP) is 5.05. The lowest BCUT2D eigenvalue weighted by molar-refractivity contribution is -0.182. The largest absolute Gasteiger partial charge is 0.481 e. The first-order valence-electron chi connectivity index (χ1n) is 12.6. The van der Waals surface area contributed by atoms with Gasteiger partial charge >= 0.3 is 11.9 Å². The first kappa shape index (κ1) is 23.1. The minimum absolute atomic E-state index is 0.0131. The van der Waals surface area contributed by atoms with Crippen LogP contribution in [-0.4, -0.2) is 34.4 Å². The van der Waals surface area contributed by atoms with E-state index in [1.807, 2.05) is 0 Å². The van der Waals surface area contributed by atoms with Gasteiger partial charge < -0.3 is 14.9 Å². The number of carbonyl (C=O) groups is 2. The van der Waals surface area contributed by atoms with Crippen molar-refractivity contribution in [1.29, 1.82) is 0 Å². The van der Waals surface area contributed by atoms with Gasteiger partial charge in [0.2, 0.25) is 0 Å². The molecule has 4 aliphatic carbocycles. The molecule has 0 aromatic carbocycles. The number of carboxylic acids is 1. The Morgan fingerprint density at radius 3 is 2.39 bits per heavy atom. The van der Waals surface area contributed by atoms with Crippen molar-refractivity contribution in [3.05, 3.63) is 0 Å². The molecule has 0 spiro atoms. The number of aliphatic hydroxyl groups excluding tert-OH is 1. The maximum absolute atomic E-state index is 11.5. The molecule has 0 aliphatic heterocycles. The first-order valence-corrected chi connectivity index (χ1v) is 12.6. The van der Waals surface area contributed by atoms with Crippen LogP contribution in [-0.2, 0) is 14.3 Å². The fourth-order valence-corrected chi connectivity index (χ4v) is 9.05. The number of carboxylic acid groups (broad SMARTS) is 1. The van der Waals surface area contributed by atoms with Crippen molar-refractivity contribution in [1.82, 2.24) is 0 Å². The Balaban J connectivity index is 1.52. The number of hydrogen-bond donors (Lipinski definition) is 2. The summed E-state index contributed by atoms with van der Waals surface area (Å²) in [5.41, 5.74) is 0.451. The van der Waals surface area contributed by atoms with Crippen molar-refractivity contribution in [2.75, 3.05) is 0 Å². The Hall–Kier alpha value is -1.10. The molecule has 0 aromatic rings. The zero-order valence-electron chi connectivity index (χ0n) is 19.8. The normalized spacial score (nSPS) is 47.6. The SMILES string of the molecule is CC(=O)O[C@@H]1CC[C@@]2(C)[C@@H](C1)C[C@@H](O)[C@@H]1[C@@H]2CC[C@]2(C)[C@@H]([C@H](C)CCC(=O)O)CC[C@@H]12. The van der Waals surface area contributed by atoms with Crippen LogP contribution >= 0.6 is 0 Å². The van der Waals surface area contributed by atoms with Crippen LogP contribution < -0.4 is 0 Å². The van der Waals surface area contributed by atoms with Gasteiger partial charge in [-0.05, 0) is 104 Å². The molecule has 2 N–H and O–H groups in total. The van der Waals surface area contributed by atoms with E-state index in [9.17, 15) is 14.7 Å². The fraction of sp³-hybridized carbons (Fsp3) is 0.923. The molecule has 0 heterocycles. The van der Waals surface area contributed by atoms with Crippen LogP contribution in [0.3, 0.4) is 0 Å². The second kappa shape index (κ2) is 8.35. The van der Waals surface area contributed by atoms with Crippen LogP contribution in [0.15, 0.2) is 0 Å². The highest BCUT2D eigenvalue weighted by Crippen LogP contribution is 2.68. The Morgan fingerprint density at radius 2 is 1.71 bits per heavy atom. The van der Waals surface area contributed by atoms with Gasteiger partial charge in [-0.1, -0.05) is 20.8 Å². The topological polar surface area (TPSA) is 83.8 Å². The van der Waals surface area contributed by atoms with E-state index in [1.165, 1.54) is 32.6 Å². The third-order valence-corrected chi connectivity index (χ3v) is 10.5. The Bertz CT molecular complexity index is 706. The zero-order chi connectivity index (χ0) is 22.6. The van der Waals surface area contributed by atoms with Gasteiger partial charge in [-0.2, -0.15) is 0 Å². The lowest BCUT2D eigenvalue weighted by Crippen LogP contribution is -2.58. The average molecular weight is 435 g/mol. The number of ether oxygens (including phenoxy) is 1. The summed E-state index contributed by atoms with van der Waals surface area (Å²) in [6, 6.07) is 0. The highest BCUT2D eigenvalue weighted by molar-refractivity contribution is 5.66. The smallest absolute Gasteiger partial charge is 0.303 e. The van der Waals surface area contributed by atoms with E-state index < -0.39 is 5.97 Å². The van der Waals surface area contributed by atoms with Crippen LogP contribution in [0.1, 0.15) is 91.9 Å². The number of hydrogen-bond acceptors (Lipinski definition) is 4. The molecule has 4 rings (SSSR count). The molecular formula is C26H42O5.